The number of nitrogens with two attached hydrogens (primary N) is 2. The largest absolute Gasteiger partial charge is 0.395 e. The topological polar surface area (TPSA) is 144 Å². The van der Waals surface area contributed by atoms with Crippen LogP contribution < -0.4 is 16.8 Å². The number of primary amides is 1. The maximum atomic E-state index is 13.7. The first-order valence-corrected chi connectivity index (χ1v) is 11.0. The van der Waals surface area contributed by atoms with Crippen molar-refractivity contribution in [3.8, 4) is 0 Å². The van der Waals surface area contributed by atoms with Gasteiger partial charge in [0.1, 0.15) is 10.9 Å². The van der Waals surface area contributed by atoms with Crippen LogP contribution in [0.5, 0.6) is 0 Å². The molecule has 0 spiro atoms. The van der Waals surface area contributed by atoms with Gasteiger partial charge < -0.3 is 21.7 Å². The Morgan fingerprint density at radius 1 is 1.19 bits per heavy atom. The van der Waals surface area contributed by atoms with Gasteiger partial charge in [0.2, 0.25) is 5.91 Å². The second-order valence-electron chi connectivity index (χ2n) is 8.66. The van der Waals surface area contributed by atoms with E-state index in [0.29, 0.717) is 5.56 Å². The number of aromatic nitrogens is 2. The summed E-state index contributed by atoms with van der Waals surface area (Å²) in [7, 11) is 0. The molecule has 0 aromatic carbocycles. The van der Waals surface area contributed by atoms with E-state index >= 15 is 0 Å². The molecule has 1 aliphatic carbocycles. The molecule has 0 bridgehead atoms. The van der Waals surface area contributed by atoms with Crippen LogP contribution in [0.3, 0.4) is 0 Å². The number of nitrogens with one attached hydrogen (secondary N) is 1. The molecular formula is C21H28N6O3S. The zero-order valence-corrected chi connectivity index (χ0v) is 18.7. The van der Waals surface area contributed by atoms with Crippen molar-refractivity contribution in [1.29, 1.82) is 0 Å². The molecule has 0 radical (unpaired) electrons. The van der Waals surface area contributed by atoms with Gasteiger partial charge in [0.05, 0.1) is 5.69 Å². The van der Waals surface area contributed by atoms with Gasteiger partial charge in [-0.05, 0) is 62.8 Å². The number of pyridine rings is 1. The summed E-state index contributed by atoms with van der Waals surface area (Å²) >= 11 is 0.803. The van der Waals surface area contributed by atoms with Crippen molar-refractivity contribution in [1.82, 2.24) is 19.6 Å². The Kier molecular flexibility index (Phi) is 6.59. The third-order valence-electron chi connectivity index (χ3n) is 5.33. The van der Waals surface area contributed by atoms with E-state index in [1.54, 1.807) is 24.5 Å². The summed E-state index contributed by atoms with van der Waals surface area (Å²) in [6.45, 7) is 5.52. The maximum Gasteiger partial charge on any atom is 0.270 e. The number of nitrogen functional groups attached to an aromatic ring is 1. The van der Waals surface area contributed by atoms with E-state index < -0.39 is 23.4 Å². The van der Waals surface area contributed by atoms with Crippen LogP contribution in [-0.2, 0) is 4.79 Å². The first-order chi connectivity index (χ1) is 14.6. The Bertz CT molecular complexity index is 963. The summed E-state index contributed by atoms with van der Waals surface area (Å²) in [4.78, 5) is 44.3. The summed E-state index contributed by atoms with van der Waals surface area (Å²) in [5, 5.41) is 3.10. The standard InChI is InChI=1S/C21H28N6O3S/c1-21(2,3)27(20(30)17-14(22)15(18(23)28)26-31-17)16(12-8-10-24-11-9-12)19(29)25-13-6-4-5-7-13/h8-11,13,16H,4-7,22H2,1-3H3,(H2,23,28)(H,25,29). The molecule has 166 valence electrons. The van der Waals surface area contributed by atoms with Crippen molar-refractivity contribution in [3.05, 3.63) is 40.7 Å². The van der Waals surface area contributed by atoms with Crippen LogP contribution in [-0.4, -0.2) is 43.6 Å². The smallest absolute Gasteiger partial charge is 0.270 e. The number of amides is 3. The average Bonchev–Trinajstić information content (AvgIpc) is 3.34. The van der Waals surface area contributed by atoms with Crippen LogP contribution in [0.2, 0.25) is 0 Å². The van der Waals surface area contributed by atoms with Gasteiger partial charge in [0.25, 0.3) is 11.8 Å². The SMILES string of the molecule is CC(C)(C)N(C(=O)c1snc(C(N)=O)c1N)C(C(=O)NC1CCCC1)c1ccncc1. The summed E-state index contributed by atoms with van der Waals surface area (Å²) in [5.74, 6) is -1.56. The van der Waals surface area contributed by atoms with Crippen LogP contribution in [0.25, 0.3) is 0 Å². The number of nitrogens with zero attached hydrogens (tertiary/aromatic N) is 3. The fourth-order valence-corrected chi connectivity index (χ4v) is 4.60. The number of rotatable bonds is 6. The highest BCUT2D eigenvalue weighted by Crippen LogP contribution is 2.34. The van der Waals surface area contributed by atoms with Gasteiger partial charge in [-0.25, -0.2) is 0 Å². The van der Waals surface area contributed by atoms with Gasteiger partial charge in [-0.1, -0.05) is 12.8 Å². The minimum atomic E-state index is -0.908. The van der Waals surface area contributed by atoms with E-state index in [2.05, 4.69) is 14.7 Å². The fourth-order valence-electron chi connectivity index (χ4n) is 3.86. The van der Waals surface area contributed by atoms with Crippen molar-refractivity contribution in [2.24, 2.45) is 5.73 Å². The number of anilines is 1. The minimum absolute atomic E-state index is 0.0681. The van der Waals surface area contributed by atoms with Gasteiger partial charge in [-0.2, -0.15) is 4.37 Å². The fraction of sp³-hybridized carbons (Fsp3) is 0.476. The van der Waals surface area contributed by atoms with Crippen LogP contribution in [0.15, 0.2) is 24.5 Å². The summed E-state index contributed by atoms with van der Waals surface area (Å²) in [6.07, 6.45) is 7.15. The van der Waals surface area contributed by atoms with Gasteiger partial charge in [-0.3, -0.25) is 19.4 Å². The highest BCUT2D eigenvalue weighted by atomic mass is 32.1. The molecule has 10 heteroatoms. The normalized spacial score (nSPS) is 15.5. The first kappa shape index (κ1) is 22.7. The molecule has 5 N–H and O–H groups in total. The minimum Gasteiger partial charge on any atom is -0.395 e. The average molecular weight is 445 g/mol. The Morgan fingerprint density at radius 3 is 2.32 bits per heavy atom. The molecule has 2 heterocycles. The molecule has 3 rings (SSSR count). The highest BCUT2D eigenvalue weighted by molar-refractivity contribution is 7.09. The second kappa shape index (κ2) is 9.01. The number of hydrogen-bond acceptors (Lipinski definition) is 7. The zero-order valence-electron chi connectivity index (χ0n) is 17.9. The van der Waals surface area contributed by atoms with Gasteiger partial charge in [0, 0.05) is 24.0 Å². The molecular weight excluding hydrogens is 416 g/mol. The van der Waals surface area contributed by atoms with Crippen LogP contribution in [0, 0.1) is 0 Å². The quantitative estimate of drug-likeness (QED) is 0.623. The van der Waals surface area contributed by atoms with Crippen LogP contribution in [0.1, 0.15) is 78.2 Å². The lowest BCUT2D eigenvalue weighted by Crippen LogP contribution is -2.53. The molecule has 9 nitrogen and oxygen atoms in total. The molecule has 1 saturated carbocycles. The lowest BCUT2D eigenvalue weighted by molar-refractivity contribution is -0.128. The molecule has 3 amide bonds. The monoisotopic (exact) mass is 444 g/mol. The molecule has 31 heavy (non-hydrogen) atoms. The Morgan fingerprint density at radius 2 is 1.81 bits per heavy atom. The van der Waals surface area contributed by atoms with E-state index in [9.17, 15) is 14.4 Å². The lowest BCUT2D eigenvalue weighted by atomic mass is 9.96. The predicted molar refractivity (Wildman–Crippen MR) is 118 cm³/mol. The molecule has 1 fully saturated rings. The zero-order chi connectivity index (χ0) is 22.8. The summed E-state index contributed by atoms with van der Waals surface area (Å²) < 4.78 is 3.94. The van der Waals surface area contributed by atoms with Gasteiger partial charge >= 0.3 is 0 Å². The number of hydrogen-bond donors (Lipinski definition) is 3. The third-order valence-corrected chi connectivity index (χ3v) is 6.18. The van der Waals surface area contributed by atoms with E-state index in [-0.39, 0.29) is 28.2 Å². The molecule has 2 aromatic heterocycles. The Hall–Kier alpha value is -3.01. The Labute approximate surface area is 185 Å². The molecule has 0 saturated heterocycles. The summed E-state index contributed by atoms with van der Waals surface area (Å²) in [6, 6.07) is 2.62. The van der Waals surface area contributed by atoms with Crippen molar-refractivity contribution in [2.45, 2.75) is 64.1 Å². The van der Waals surface area contributed by atoms with Crippen molar-refractivity contribution < 1.29 is 14.4 Å². The van der Waals surface area contributed by atoms with Gasteiger partial charge in [0.15, 0.2) is 5.69 Å². The van der Waals surface area contributed by atoms with Crippen molar-refractivity contribution in [3.63, 3.8) is 0 Å². The Balaban J connectivity index is 2.06. The molecule has 2 aromatic rings. The van der Waals surface area contributed by atoms with Crippen LogP contribution in [0.4, 0.5) is 5.69 Å². The van der Waals surface area contributed by atoms with E-state index in [4.69, 9.17) is 11.5 Å². The number of carbonyl (C=O) groups is 3. The highest BCUT2D eigenvalue weighted by Gasteiger charge is 2.41. The van der Waals surface area contributed by atoms with Gasteiger partial charge in [-0.15, -0.1) is 0 Å². The maximum absolute atomic E-state index is 13.7. The molecule has 1 unspecified atom stereocenters. The predicted octanol–water partition coefficient (Wildman–Crippen LogP) is 2.26. The van der Waals surface area contributed by atoms with E-state index in [1.165, 1.54) is 4.90 Å². The molecule has 1 atom stereocenters. The third kappa shape index (κ3) is 4.84. The van der Waals surface area contributed by atoms with Crippen LogP contribution >= 0.6 is 11.5 Å². The summed E-state index contributed by atoms with van der Waals surface area (Å²) in [5.41, 5.74) is 11.0. The lowest BCUT2D eigenvalue weighted by Gasteiger charge is -2.41. The first-order valence-electron chi connectivity index (χ1n) is 10.2. The van der Waals surface area contributed by atoms with Crippen molar-refractivity contribution >= 4 is 34.9 Å². The van der Waals surface area contributed by atoms with E-state index in [1.807, 2.05) is 20.8 Å². The van der Waals surface area contributed by atoms with Crippen molar-refractivity contribution in [2.75, 3.05) is 5.73 Å². The number of carbonyl (C=O) groups excluding carboxylic acids is 3. The second-order valence-corrected chi connectivity index (χ2v) is 9.43. The molecule has 0 aliphatic heterocycles. The molecule has 1 aliphatic rings. The van der Waals surface area contributed by atoms with E-state index in [0.717, 1.165) is 37.2 Å².